The number of aliphatic carboxylic acids is 1. The quantitative estimate of drug-likeness (QED) is 0.660. The number of hydrogen-bond acceptors (Lipinski definition) is 2. The summed E-state index contributed by atoms with van der Waals surface area (Å²) in [7, 11) is 0. The van der Waals surface area contributed by atoms with Crippen LogP contribution >= 0.6 is 15.9 Å². The molecule has 6 heteroatoms. The summed E-state index contributed by atoms with van der Waals surface area (Å²) in [6.07, 6.45) is 7.43. The molecule has 0 aliphatic rings. The van der Waals surface area contributed by atoms with Gasteiger partial charge in [0, 0.05) is 16.1 Å². The van der Waals surface area contributed by atoms with Crippen molar-refractivity contribution in [3.63, 3.8) is 0 Å². The molecule has 0 fully saturated rings. The van der Waals surface area contributed by atoms with Crippen molar-refractivity contribution in [2.75, 3.05) is 13.1 Å². The van der Waals surface area contributed by atoms with Gasteiger partial charge in [0.2, 0.25) is 5.91 Å². The van der Waals surface area contributed by atoms with E-state index in [1.807, 2.05) is 0 Å². The Morgan fingerprint density at radius 1 is 1.50 bits per heavy atom. The Morgan fingerprint density at radius 3 is 2.80 bits per heavy atom. The van der Waals surface area contributed by atoms with Crippen molar-refractivity contribution >= 4 is 33.9 Å². The molecule has 1 amide bonds. The van der Waals surface area contributed by atoms with E-state index in [1.54, 1.807) is 0 Å². The summed E-state index contributed by atoms with van der Waals surface area (Å²) in [4.78, 5) is 23.4. The second-order valence-corrected chi connectivity index (χ2v) is 4.71. The maximum atomic E-state index is 13.5. The van der Waals surface area contributed by atoms with Gasteiger partial charge >= 0.3 is 5.97 Å². The monoisotopic (exact) mass is 339 g/mol. The fourth-order valence-electron chi connectivity index (χ4n) is 1.39. The molecule has 0 saturated heterocycles. The minimum Gasteiger partial charge on any atom is -0.480 e. The smallest absolute Gasteiger partial charge is 0.323 e. The molecule has 0 bridgehead atoms. The lowest BCUT2D eigenvalue weighted by atomic mass is 10.2. The minimum absolute atomic E-state index is 0.129. The molecule has 0 atom stereocenters. The van der Waals surface area contributed by atoms with Gasteiger partial charge in [0.15, 0.2) is 0 Å². The number of halogens is 2. The summed E-state index contributed by atoms with van der Waals surface area (Å²) >= 11 is 3.19. The zero-order valence-corrected chi connectivity index (χ0v) is 11.9. The molecule has 0 radical (unpaired) electrons. The second-order valence-electron chi connectivity index (χ2n) is 3.79. The van der Waals surface area contributed by atoms with E-state index in [-0.39, 0.29) is 12.1 Å². The third-order valence-electron chi connectivity index (χ3n) is 2.28. The van der Waals surface area contributed by atoms with Gasteiger partial charge in [0.05, 0.1) is 6.54 Å². The number of carbonyl (C=O) groups excluding carboxylic acids is 1. The standard InChI is InChI=1S/C14H11BrFNO3/c1-2-7-17(9-14(19)20)13(18)6-3-10-8-11(15)4-5-12(10)16/h1,3-6,8H,7,9H2,(H,19,20). The number of nitrogens with zero attached hydrogens (tertiary/aromatic N) is 1. The maximum absolute atomic E-state index is 13.5. The van der Waals surface area contributed by atoms with E-state index in [2.05, 4.69) is 21.9 Å². The lowest BCUT2D eigenvalue weighted by Crippen LogP contribution is -2.34. The first-order chi connectivity index (χ1) is 9.43. The van der Waals surface area contributed by atoms with Crippen LogP contribution in [0.4, 0.5) is 4.39 Å². The van der Waals surface area contributed by atoms with Crippen LogP contribution in [0, 0.1) is 18.2 Å². The Kier molecular flexibility index (Phi) is 5.94. The molecule has 104 valence electrons. The van der Waals surface area contributed by atoms with Gasteiger partial charge in [-0.2, -0.15) is 0 Å². The van der Waals surface area contributed by atoms with E-state index in [4.69, 9.17) is 11.5 Å². The first kappa shape index (κ1) is 15.9. The number of rotatable bonds is 5. The predicted molar refractivity (Wildman–Crippen MR) is 76.2 cm³/mol. The fourth-order valence-corrected chi connectivity index (χ4v) is 1.77. The van der Waals surface area contributed by atoms with Crippen LogP contribution in [0.1, 0.15) is 5.56 Å². The van der Waals surface area contributed by atoms with Crippen molar-refractivity contribution in [2.24, 2.45) is 0 Å². The van der Waals surface area contributed by atoms with Crippen LogP contribution in [0.2, 0.25) is 0 Å². The lowest BCUT2D eigenvalue weighted by Gasteiger charge is -2.15. The van der Waals surface area contributed by atoms with E-state index in [1.165, 1.54) is 24.3 Å². The number of carboxylic acids is 1. The Balaban J connectivity index is 2.86. The molecule has 1 N–H and O–H groups in total. The van der Waals surface area contributed by atoms with E-state index in [0.29, 0.717) is 4.47 Å². The molecule has 0 aromatic heterocycles. The van der Waals surface area contributed by atoms with Crippen molar-refractivity contribution in [1.29, 1.82) is 0 Å². The van der Waals surface area contributed by atoms with Crippen molar-refractivity contribution in [3.8, 4) is 12.3 Å². The number of amides is 1. The van der Waals surface area contributed by atoms with E-state index >= 15 is 0 Å². The van der Waals surface area contributed by atoms with E-state index in [0.717, 1.165) is 11.0 Å². The summed E-state index contributed by atoms with van der Waals surface area (Å²) < 4.78 is 14.1. The molecule has 0 heterocycles. The van der Waals surface area contributed by atoms with Gasteiger partial charge in [-0.25, -0.2) is 4.39 Å². The highest BCUT2D eigenvalue weighted by Gasteiger charge is 2.13. The van der Waals surface area contributed by atoms with Crippen LogP contribution in [0.3, 0.4) is 0 Å². The van der Waals surface area contributed by atoms with Crippen LogP contribution in [0.25, 0.3) is 6.08 Å². The maximum Gasteiger partial charge on any atom is 0.323 e. The number of hydrogen-bond donors (Lipinski definition) is 1. The zero-order chi connectivity index (χ0) is 15.1. The summed E-state index contributed by atoms with van der Waals surface area (Å²) in [5.41, 5.74) is 0.212. The number of benzene rings is 1. The molecule has 4 nitrogen and oxygen atoms in total. The number of carboxylic acid groups (broad SMARTS) is 1. The molecule has 0 spiro atoms. The summed E-state index contributed by atoms with van der Waals surface area (Å²) in [6, 6.07) is 4.29. The van der Waals surface area contributed by atoms with Crippen LogP contribution in [-0.2, 0) is 9.59 Å². The third kappa shape index (κ3) is 4.86. The molecule has 20 heavy (non-hydrogen) atoms. The molecular weight excluding hydrogens is 329 g/mol. The van der Waals surface area contributed by atoms with Crippen LogP contribution < -0.4 is 0 Å². The molecule has 1 aromatic rings. The van der Waals surface area contributed by atoms with Crippen molar-refractivity contribution in [1.82, 2.24) is 4.90 Å². The number of carbonyl (C=O) groups is 2. The van der Waals surface area contributed by atoms with Gasteiger partial charge in [-0.3, -0.25) is 9.59 Å². The lowest BCUT2D eigenvalue weighted by molar-refractivity contribution is -0.142. The third-order valence-corrected chi connectivity index (χ3v) is 2.78. The predicted octanol–water partition coefficient (Wildman–Crippen LogP) is 2.15. The van der Waals surface area contributed by atoms with Gasteiger partial charge in [0.1, 0.15) is 12.4 Å². The van der Waals surface area contributed by atoms with Gasteiger partial charge in [0.25, 0.3) is 0 Å². The first-order valence-corrected chi connectivity index (χ1v) is 6.30. The Bertz CT molecular complexity index is 593. The van der Waals surface area contributed by atoms with Crippen LogP contribution in [0.15, 0.2) is 28.7 Å². The molecule has 1 rings (SSSR count). The molecule has 0 aliphatic heterocycles. The average Bonchev–Trinajstić information content (AvgIpc) is 2.38. The molecular formula is C14H11BrFNO3. The van der Waals surface area contributed by atoms with Crippen molar-refractivity contribution in [3.05, 3.63) is 40.1 Å². The summed E-state index contributed by atoms with van der Waals surface area (Å²) in [6.45, 7) is -0.634. The molecule has 0 saturated carbocycles. The molecule has 0 unspecified atom stereocenters. The van der Waals surface area contributed by atoms with Gasteiger partial charge in [-0.1, -0.05) is 21.9 Å². The van der Waals surface area contributed by atoms with Gasteiger partial charge in [-0.15, -0.1) is 6.42 Å². The van der Waals surface area contributed by atoms with Crippen molar-refractivity contribution < 1.29 is 19.1 Å². The van der Waals surface area contributed by atoms with E-state index < -0.39 is 24.2 Å². The fraction of sp³-hybridized carbons (Fsp3) is 0.143. The second kappa shape index (κ2) is 7.46. The summed E-state index contributed by atoms with van der Waals surface area (Å²) in [5, 5.41) is 8.67. The van der Waals surface area contributed by atoms with Gasteiger partial charge < -0.3 is 10.0 Å². The summed E-state index contributed by atoms with van der Waals surface area (Å²) in [5.74, 6) is -0.0516. The highest BCUT2D eigenvalue weighted by Crippen LogP contribution is 2.16. The zero-order valence-electron chi connectivity index (χ0n) is 10.3. The number of terminal acetylenes is 1. The van der Waals surface area contributed by atoms with Crippen molar-refractivity contribution in [2.45, 2.75) is 0 Å². The molecule has 0 aliphatic carbocycles. The Morgan fingerprint density at radius 2 is 2.20 bits per heavy atom. The SMILES string of the molecule is C#CCN(CC(=O)O)C(=O)C=Cc1cc(Br)ccc1F. The average molecular weight is 340 g/mol. The highest BCUT2D eigenvalue weighted by atomic mass is 79.9. The minimum atomic E-state index is -1.17. The normalized spacial score (nSPS) is 10.2. The van der Waals surface area contributed by atoms with Crippen LogP contribution in [-0.4, -0.2) is 35.0 Å². The largest absolute Gasteiger partial charge is 0.480 e. The topological polar surface area (TPSA) is 57.6 Å². The molecule has 1 aromatic carbocycles. The first-order valence-electron chi connectivity index (χ1n) is 5.51. The Labute approximate surface area is 124 Å². The highest BCUT2D eigenvalue weighted by molar-refractivity contribution is 9.10. The van der Waals surface area contributed by atoms with E-state index in [9.17, 15) is 14.0 Å². The van der Waals surface area contributed by atoms with Crippen LogP contribution in [0.5, 0.6) is 0 Å². The van der Waals surface area contributed by atoms with Gasteiger partial charge in [-0.05, 0) is 24.3 Å². The Hall–Kier alpha value is -2.13.